The number of alkyl halides is 1. The normalized spacial score (nSPS) is 14.1. The molecule has 0 radical (unpaired) electrons. The Labute approximate surface area is 115 Å². The van der Waals surface area contributed by atoms with Crippen LogP contribution in [0.4, 0.5) is 0 Å². The van der Waals surface area contributed by atoms with Crippen LogP contribution in [0.1, 0.15) is 48.2 Å². The summed E-state index contributed by atoms with van der Waals surface area (Å²) in [5.41, 5.74) is 2.71. The first-order chi connectivity index (χ1) is 8.40. The summed E-state index contributed by atoms with van der Waals surface area (Å²) >= 11 is 5.79. The molecule has 1 rings (SSSR count). The van der Waals surface area contributed by atoms with Crippen molar-refractivity contribution in [2.45, 2.75) is 46.1 Å². The number of rotatable bonds is 5. The number of hydrogen-bond donors (Lipinski definition) is 1. The molecular weight excluding hydrogens is 246 g/mol. The van der Waals surface area contributed by atoms with Crippen molar-refractivity contribution in [3.63, 3.8) is 0 Å². The van der Waals surface area contributed by atoms with Gasteiger partial charge in [0.25, 0.3) is 5.91 Å². The van der Waals surface area contributed by atoms with Gasteiger partial charge in [-0.15, -0.1) is 11.6 Å². The van der Waals surface area contributed by atoms with Gasteiger partial charge < -0.3 is 5.32 Å². The first-order valence-corrected chi connectivity index (χ1v) is 6.90. The number of carbonyl (C=O) groups excluding carboxylic acids is 1. The molecule has 1 atom stereocenters. The summed E-state index contributed by atoms with van der Waals surface area (Å²) in [6, 6.07) is 5.90. The average molecular weight is 268 g/mol. The highest BCUT2D eigenvalue weighted by molar-refractivity contribution is 6.17. The predicted octanol–water partition coefficient (Wildman–Crippen LogP) is 3.83. The van der Waals surface area contributed by atoms with Crippen LogP contribution in [0.2, 0.25) is 0 Å². The second kappa shape index (κ2) is 6.24. The highest BCUT2D eigenvalue weighted by Gasteiger charge is 2.24. The number of halogens is 1. The molecule has 3 heteroatoms. The van der Waals surface area contributed by atoms with Gasteiger partial charge in [0.05, 0.1) is 0 Å². The van der Waals surface area contributed by atoms with E-state index in [1.54, 1.807) is 0 Å². The summed E-state index contributed by atoms with van der Waals surface area (Å²) in [4.78, 5) is 12.2. The number of carbonyl (C=O) groups is 1. The molecule has 1 N–H and O–H groups in total. The van der Waals surface area contributed by atoms with Crippen LogP contribution in [-0.4, -0.2) is 17.3 Å². The van der Waals surface area contributed by atoms with E-state index >= 15 is 0 Å². The molecular formula is C15H22ClNO. The van der Waals surface area contributed by atoms with E-state index in [2.05, 4.69) is 18.3 Å². The fourth-order valence-corrected chi connectivity index (χ4v) is 2.41. The van der Waals surface area contributed by atoms with E-state index in [0.29, 0.717) is 5.88 Å². The summed E-state index contributed by atoms with van der Waals surface area (Å²) in [5, 5.41) is 3.09. The van der Waals surface area contributed by atoms with Gasteiger partial charge in [-0.05, 0) is 45.7 Å². The molecule has 1 unspecified atom stereocenters. The lowest BCUT2D eigenvalue weighted by atomic mass is 9.94. The van der Waals surface area contributed by atoms with Crippen molar-refractivity contribution in [3.8, 4) is 0 Å². The molecule has 0 bridgehead atoms. The Morgan fingerprint density at radius 2 is 1.83 bits per heavy atom. The van der Waals surface area contributed by atoms with Crippen LogP contribution < -0.4 is 5.32 Å². The van der Waals surface area contributed by atoms with E-state index in [4.69, 9.17) is 11.6 Å². The van der Waals surface area contributed by atoms with Gasteiger partial charge in [-0.3, -0.25) is 4.79 Å². The number of aryl methyl sites for hydroxylation is 2. The van der Waals surface area contributed by atoms with Crippen molar-refractivity contribution in [2.75, 3.05) is 5.88 Å². The Hall–Kier alpha value is -1.02. The minimum absolute atomic E-state index is 0.0173. The van der Waals surface area contributed by atoms with E-state index < -0.39 is 0 Å². The smallest absolute Gasteiger partial charge is 0.251 e. The average Bonchev–Trinajstić information content (AvgIpc) is 2.28. The lowest BCUT2D eigenvalue weighted by molar-refractivity contribution is 0.0901. The Morgan fingerprint density at radius 3 is 2.28 bits per heavy atom. The third kappa shape index (κ3) is 4.02. The summed E-state index contributed by atoms with van der Waals surface area (Å²) in [5.74, 6) is 0.536. The predicted molar refractivity (Wildman–Crippen MR) is 77.4 cm³/mol. The Balaban J connectivity index is 2.87. The first-order valence-electron chi connectivity index (χ1n) is 6.37. The molecule has 1 amide bonds. The molecule has 2 nitrogen and oxygen atoms in total. The zero-order chi connectivity index (χ0) is 13.8. The second-order valence-electron chi connectivity index (χ2n) is 5.18. The molecule has 0 spiro atoms. The number of nitrogens with one attached hydrogen (secondary N) is 1. The maximum absolute atomic E-state index is 12.2. The molecule has 0 aliphatic carbocycles. The number of benzene rings is 1. The van der Waals surface area contributed by atoms with Crippen LogP contribution >= 0.6 is 11.6 Å². The van der Waals surface area contributed by atoms with Gasteiger partial charge >= 0.3 is 0 Å². The van der Waals surface area contributed by atoms with Gasteiger partial charge in [-0.1, -0.05) is 24.1 Å². The Kier molecular flexibility index (Phi) is 5.21. The van der Waals surface area contributed by atoms with Gasteiger partial charge in [-0.25, -0.2) is 0 Å². The van der Waals surface area contributed by atoms with E-state index in [9.17, 15) is 4.79 Å². The zero-order valence-electron chi connectivity index (χ0n) is 11.6. The van der Waals surface area contributed by atoms with E-state index in [0.717, 1.165) is 29.5 Å². The summed E-state index contributed by atoms with van der Waals surface area (Å²) in [7, 11) is 0. The standard InChI is InChI=1S/C15H22ClNO/c1-5-15(4,6-7-16)17-14(18)13-9-11(2)8-12(3)10-13/h8-10H,5-7H2,1-4H3,(H,17,18). The van der Waals surface area contributed by atoms with Crippen molar-refractivity contribution in [3.05, 3.63) is 34.9 Å². The van der Waals surface area contributed by atoms with Gasteiger partial charge in [0.1, 0.15) is 0 Å². The molecule has 1 aromatic carbocycles. The number of amides is 1. The maximum Gasteiger partial charge on any atom is 0.251 e. The molecule has 0 aliphatic heterocycles. The molecule has 0 heterocycles. The summed E-state index contributed by atoms with van der Waals surface area (Å²) < 4.78 is 0. The summed E-state index contributed by atoms with van der Waals surface area (Å²) in [6.45, 7) is 8.10. The van der Waals surface area contributed by atoms with Gasteiger partial charge in [-0.2, -0.15) is 0 Å². The zero-order valence-corrected chi connectivity index (χ0v) is 12.4. The Bertz CT molecular complexity index is 410. The summed E-state index contributed by atoms with van der Waals surface area (Å²) in [6.07, 6.45) is 1.65. The lowest BCUT2D eigenvalue weighted by Gasteiger charge is -2.29. The largest absolute Gasteiger partial charge is 0.347 e. The first kappa shape index (κ1) is 15.0. The molecule has 0 saturated carbocycles. The van der Waals surface area contributed by atoms with Crippen LogP contribution in [0, 0.1) is 13.8 Å². The van der Waals surface area contributed by atoms with Gasteiger partial charge in [0.15, 0.2) is 0 Å². The topological polar surface area (TPSA) is 29.1 Å². The van der Waals surface area contributed by atoms with Crippen molar-refractivity contribution in [1.29, 1.82) is 0 Å². The number of hydrogen-bond acceptors (Lipinski definition) is 1. The third-order valence-electron chi connectivity index (χ3n) is 3.33. The SMILES string of the molecule is CCC(C)(CCCl)NC(=O)c1cc(C)cc(C)c1. The van der Waals surface area contributed by atoms with Gasteiger partial charge in [0, 0.05) is 17.0 Å². The van der Waals surface area contributed by atoms with E-state index in [1.807, 2.05) is 32.9 Å². The minimum Gasteiger partial charge on any atom is -0.347 e. The van der Waals surface area contributed by atoms with Crippen LogP contribution in [0.25, 0.3) is 0 Å². The minimum atomic E-state index is -0.226. The molecule has 0 fully saturated rings. The van der Waals surface area contributed by atoms with Crippen molar-refractivity contribution >= 4 is 17.5 Å². The van der Waals surface area contributed by atoms with E-state index in [1.165, 1.54) is 0 Å². The maximum atomic E-state index is 12.2. The molecule has 0 aliphatic rings. The molecule has 18 heavy (non-hydrogen) atoms. The fraction of sp³-hybridized carbons (Fsp3) is 0.533. The molecule has 100 valence electrons. The molecule has 1 aromatic rings. The lowest BCUT2D eigenvalue weighted by Crippen LogP contribution is -2.45. The van der Waals surface area contributed by atoms with Crippen LogP contribution in [-0.2, 0) is 0 Å². The van der Waals surface area contributed by atoms with Crippen LogP contribution in [0.3, 0.4) is 0 Å². The third-order valence-corrected chi connectivity index (χ3v) is 3.51. The molecule has 0 saturated heterocycles. The van der Waals surface area contributed by atoms with Gasteiger partial charge in [0.2, 0.25) is 0 Å². The molecule has 0 aromatic heterocycles. The van der Waals surface area contributed by atoms with Crippen LogP contribution in [0.5, 0.6) is 0 Å². The fourth-order valence-electron chi connectivity index (χ4n) is 1.99. The van der Waals surface area contributed by atoms with Crippen molar-refractivity contribution in [2.24, 2.45) is 0 Å². The van der Waals surface area contributed by atoms with Crippen molar-refractivity contribution < 1.29 is 4.79 Å². The Morgan fingerprint density at radius 1 is 1.28 bits per heavy atom. The quantitative estimate of drug-likeness (QED) is 0.807. The van der Waals surface area contributed by atoms with E-state index in [-0.39, 0.29) is 11.4 Å². The highest BCUT2D eigenvalue weighted by atomic mass is 35.5. The second-order valence-corrected chi connectivity index (χ2v) is 5.56. The monoisotopic (exact) mass is 267 g/mol. The van der Waals surface area contributed by atoms with Crippen LogP contribution in [0.15, 0.2) is 18.2 Å². The highest BCUT2D eigenvalue weighted by Crippen LogP contribution is 2.17. The van der Waals surface area contributed by atoms with Crippen molar-refractivity contribution in [1.82, 2.24) is 5.32 Å².